The highest BCUT2D eigenvalue weighted by Gasteiger charge is 2.43. The van der Waals surface area contributed by atoms with Crippen LogP contribution in [-0.4, -0.2) is 28.7 Å². The molecule has 3 unspecified atom stereocenters. The normalized spacial score (nSPS) is 29.2. The average molecular weight is 323 g/mol. The van der Waals surface area contributed by atoms with Gasteiger partial charge in [0.2, 0.25) is 0 Å². The summed E-state index contributed by atoms with van der Waals surface area (Å²) in [5, 5.41) is 3.70. The minimum absolute atomic E-state index is 0.0682. The van der Waals surface area contributed by atoms with Crippen molar-refractivity contribution in [2.45, 2.75) is 50.2 Å². The first kappa shape index (κ1) is 15.6. The van der Waals surface area contributed by atoms with Crippen LogP contribution in [0.4, 0.5) is 5.82 Å². The van der Waals surface area contributed by atoms with Crippen molar-refractivity contribution in [3.8, 4) is 11.1 Å². The van der Waals surface area contributed by atoms with Crippen molar-refractivity contribution in [1.29, 1.82) is 0 Å². The summed E-state index contributed by atoms with van der Waals surface area (Å²) in [5.41, 5.74) is 2.29. The third kappa shape index (κ3) is 3.03. The lowest BCUT2D eigenvalue weighted by molar-refractivity contribution is -0.0832. The topological polar surface area (TPSA) is 47.0 Å². The number of methoxy groups -OCH3 is 1. The molecule has 0 radical (unpaired) electrons. The zero-order chi connectivity index (χ0) is 16.4. The number of rotatable bonds is 4. The van der Waals surface area contributed by atoms with Crippen molar-refractivity contribution in [2.24, 2.45) is 5.92 Å². The predicted molar refractivity (Wildman–Crippen MR) is 95.8 cm³/mol. The highest BCUT2D eigenvalue weighted by atomic mass is 16.5. The zero-order valence-corrected chi connectivity index (χ0v) is 14.2. The molecule has 2 aromatic rings. The Morgan fingerprint density at radius 3 is 2.92 bits per heavy atom. The zero-order valence-electron chi connectivity index (χ0n) is 14.2. The van der Waals surface area contributed by atoms with Crippen LogP contribution in [0.2, 0.25) is 0 Å². The molecule has 1 aromatic carbocycles. The molecule has 2 aliphatic carbocycles. The molecule has 1 aromatic heterocycles. The minimum Gasteiger partial charge on any atom is -0.378 e. The Morgan fingerprint density at radius 2 is 2.08 bits per heavy atom. The van der Waals surface area contributed by atoms with Gasteiger partial charge in [-0.3, -0.25) is 0 Å². The summed E-state index contributed by atoms with van der Waals surface area (Å²) in [6.07, 6.45) is 10.9. The van der Waals surface area contributed by atoms with Crippen molar-refractivity contribution < 1.29 is 4.74 Å². The van der Waals surface area contributed by atoms with E-state index in [1.807, 2.05) is 19.4 Å². The molecule has 3 atom stereocenters. The van der Waals surface area contributed by atoms with Crippen molar-refractivity contribution >= 4 is 5.82 Å². The summed E-state index contributed by atoms with van der Waals surface area (Å²) >= 11 is 0. The first-order valence-corrected chi connectivity index (χ1v) is 8.95. The van der Waals surface area contributed by atoms with E-state index in [1.54, 1.807) is 6.33 Å². The highest BCUT2D eigenvalue weighted by molar-refractivity contribution is 5.74. The first-order valence-electron chi connectivity index (χ1n) is 8.95. The first-order chi connectivity index (χ1) is 11.8. The molecule has 2 saturated carbocycles. The lowest BCUT2D eigenvalue weighted by Gasteiger charge is -2.47. The van der Waals surface area contributed by atoms with E-state index in [9.17, 15) is 0 Å². The smallest absolute Gasteiger partial charge is 0.137 e. The lowest BCUT2D eigenvalue weighted by Crippen LogP contribution is -2.48. The van der Waals surface area contributed by atoms with Crippen LogP contribution in [0, 0.1) is 5.92 Å². The molecule has 4 rings (SSSR count). The highest BCUT2D eigenvalue weighted by Crippen LogP contribution is 2.45. The Balaban J connectivity index is 1.58. The van der Waals surface area contributed by atoms with Gasteiger partial charge < -0.3 is 10.1 Å². The van der Waals surface area contributed by atoms with E-state index < -0.39 is 0 Å². The summed E-state index contributed by atoms with van der Waals surface area (Å²) < 4.78 is 5.96. The van der Waals surface area contributed by atoms with Crippen molar-refractivity contribution in [3.05, 3.63) is 42.9 Å². The van der Waals surface area contributed by atoms with E-state index in [0.29, 0.717) is 6.04 Å². The van der Waals surface area contributed by atoms with Gasteiger partial charge in [-0.25, -0.2) is 9.97 Å². The Bertz CT molecular complexity index is 690. The quantitative estimate of drug-likeness (QED) is 0.911. The Kier molecular flexibility index (Phi) is 4.23. The predicted octanol–water partition coefficient (Wildman–Crippen LogP) is 4.29. The van der Waals surface area contributed by atoms with Crippen molar-refractivity contribution in [3.63, 3.8) is 0 Å². The second-order valence-electron chi connectivity index (χ2n) is 7.28. The van der Waals surface area contributed by atoms with Gasteiger partial charge in [0.15, 0.2) is 0 Å². The maximum absolute atomic E-state index is 5.96. The van der Waals surface area contributed by atoms with Crippen LogP contribution in [0.3, 0.4) is 0 Å². The van der Waals surface area contributed by atoms with E-state index in [-0.39, 0.29) is 5.60 Å². The number of ether oxygens (including phenoxy) is 1. The van der Waals surface area contributed by atoms with Gasteiger partial charge in [0.25, 0.3) is 0 Å². The van der Waals surface area contributed by atoms with Crippen LogP contribution in [0.5, 0.6) is 0 Å². The number of hydrogen-bond acceptors (Lipinski definition) is 4. The van der Waals surface area contributed by atoms with E-state index >= 15 is 0 Å². The molecule has 4 heteroatoms. The molecule has 0 aliphatic heterocycles. The molecule has 2 fully saturated rings. The number of nitrogens with zero attached hydrogens (tertiary/aromatic N) is 2. The number of anilines is 1. The van der Waals surface area contributed by atoms with Gasteiger partial charge >= 0.3 is 0 Å². The minimum atomic E-state index is 0.0682. The molecule has 0 amide bonds. The molecule has 0 spiro atoms. The van der Waals surface area contributed by atoms with Gasteiger partial charge in [-0.05, 0) is 37.2 Å². The fourth-order valence-electron chi connectivity index (χ4n) is 4.61. The maximum Gasteiger partial charge on any atom is 0.137 e. The molecule has 2 aliphatic rings. The van der Waals surface area contributed by atoms with E-state index in [2.05, 4.69) is 39.6 Å². The molecule has 1 heterocycles. The van der Waals surface area contributed by atoms with Gasteiger partial charge in [0.1, 0.15) is 12.1 Å². The summed E-state index contributed by atoms with van der Waals surface area (Å²) in [5.74, 6) is 1.71. The fourth-order valence-corrected chi connectivity index (χ4v) is 4.61. The fraction of sp³-hybridized carbons (Fsp3) is 0.500. The van der Waals surface area contributed by atoms with Crippen LogP contribution in [0.25, 0.3) is 11.1 Å². The second-order valence-corrected chi connectivity index (χ2v) is 7.28. The number of aromatic nitrogens is 2. The SMILES string of the molecule is COC12CCCC(CC(Nc3ncncc3-c3ccccc3)C1)C2. The Morgan fingerprint density at radius 1 is 1.21 bits per heavy atom. The molecule has 4 nitrogen and oxygen atoms in total. The van der Waals surface area contributed by atoms with Crippen LogP contribution >= 0.6 is 0 Å². The standard InChI is InChI=1S/C20H25N3O/c1-24-20-9-5-6-15(11-20)10-17(12-20)23-19-18(13-21-14-22-19)16-7-3-2-4-8-16/h2-4,7-8,13-15,17H,5-6,9-12H2,1H3,(H,21,22,23). The second kappa shape index (κ2) is 6.52. The van der Waals surface area contributed by atoms with Gasteiger partial charge in [-0.15, -0.1) is 0 Å². The summed E-state index contributed by atoms with van der Waals surface area (Å²) in [4.78, 5) is 8.75. The van der Waals surface area contributed by atoms with Crippen molar-refractivity contribution in [2.75, 3.05) is 12.4 Å². The van der Waals surface area contributed by atoms with E-state index in [0.717, 1.165) is 29.3 Å². The largest absolute Gasteiger partial charge is 0.378 e. The molecule has 1 N–H and O–H groups in total. The molecular weight excluding hydrogens is 298 g/mol. The molecule has 24 heavy (non-hydrogen) atoms. The molecule has 2 bridgehead atoms. The van der Waals surface area contributed by atoms with Crippen LogP contribution in [0.15, 0.2) is 42.9 Å². The monoisotopic (exact) mass is 323 g/mol. The number of benzene rings is 1. The van der Waals surface area contributed by atoms with E-state index in [1.165, 1.54) is 32.1 Å². The third-order valence-electron chi connectivity index (χ3n) is 5.71. The van der Waals surface area contributed by atoms with Gasteiger partial charge in [0, 0.05) is 24.9 Å². The Hall–Kier alpha value is -1.94. The number of fused-ring (bicyclic) bond motifs is 2. The molecule has 0 saturated heterocycles. The number of nitrogens with one attached hydrogen (secondary N) is 1. The van der Waals surface area contributed by atoms with Gasteiger partial charge in [-0.1, -0.05) is 43.2 Å². The van der Waals surface area contributed by atoms with Crippen LogP contribution in [-0.2, 0) is 4.74 Å². The van der Waals surface area contributed by atoms with E-state index in [4.69, 9.17) is 4.74 Å². The molecule has 126 valence electrons. The third-order valence-corrected chi connectivity index (χ3v) is 5.71. The van der Waals surface area contributed by atoms with Crippen LogP contribution < -0.4 is 5.32 Å². The lowest BCUT2D eigenvalue weighted by atomic mass is 9.67. The number of hydrogen-bond donors (Lipinski definition) is 1. The maximum atomic E-state index is 5.96. The molecular formula is C20H25N3O. The van der Waals surface area contributed by atoms with Crippen molar-refractivity contribution in [1.82, 2.24) is 9.97 Å². The summed E-state index contributed by atoms with van der Waals surface area (Å²) in [7, 11) is 1.88. The van der Waals surface area contributed by atoms with Crippen LogP contribution in [0.1, 0.15) is 38.5 Å². The average Bonchev–Trinajstić information content (AvgIpc) is 2.63. The van der Waals surface area contributed by atoms with Gasteiger partial charge in [0.05, 0.1) is 5.60 Å². The summed E-state index contributed by atoms with van der Waals surface area (Å²) in [6.45, 7) is 0. The Labute approximate surface area is 143 Å². The van der Waals surface area contributed by atoms with Gasteiger partial charge in [-0.2, -0.15) is 0 Å². The summed E-state index contributed by atoms with van der Waals surface area (Å²) in [6, 6.07) is 10.8.